The second kappa shape index (κ2) is 7.20. The van der Waals surface area contributed by atoms with Crippen molar-refractivity contribution in [2.24, 2.45) is 0 Å². The van der Waals surface area contributed by atoms with Crippen LogP contribution in [0.4, 0.5) is 10.1 Å². The maximum atomic E-state index is 12.8. The number of hydrogen-bond acceptors (Lipinski definition) is 1. The third kappa shape index (κ3) is 5.17. The smallest absolute Gasteiger partial charge is 0.279 e. The van der Waals surface area contributed by atoms with Gasteiger partial charge in [-0.3, -0.25) is 4.79 Å². The van der Waals surface area contributed by atoms with Crippen LogP contribution in [0.5, 0.6) is 0 Å². The molecule has 0 saturated carbocycles. The van der Waals surface area contributed by atoms with Crippen molar-refractivity contribution >= 4 is 23.2 Å². The SMILES string of the molecule is C[NH+](CC(=O)Nc1cccc(Cl)c1)Cc1ccc(F)cc1. The molecule has 1 unspecified atom stereocenters. The van der Waals surface area contributed by atoms with Crippen LogP contribution < -0.4 is 10.2 Å². The van der Waals surface area contributed by atoms with Crippen LogP contribution in [-0.4, -0.2) is 19.5 Å². The third-order valence-corrected chi connectivity index (χ3v) is 3.22. The monoisotopic (exact) mass is 307 g/mol. The molecule has 5 heteroatoms. The molecular weight excluding hydrogens is 291 g/mol. The van der Waals surface area contributed by atoms with E-state index in [4.69, 9.17) is 11.6 Å². The van der Waals surface area contributed by atoms with E-state index in [1.165, 1.54) is 12.1 Å². The highest BCUT2D eigenvalue weighted by molar-refractivity contribution is 6.30. The molecule has 1 atom stereocenters. The van der Waals surface area contributed by atoms with Crippen LogP contribution in [0.3, 0.4) is 0 Å². The molecule has 0 aliphatic heterocycles. The van der Waals surface area contributed by atoms with Crippen LogP contribution in [0, 0.1) is 5.82 Å². The summed E-state index contributed by atoms with van der Waals surface area (Å²) in [6.07, 6.45) is 0. The molecule has 3 nitrogen and oxygen atoms in total. The Kier molecular flexibility index (Phi) is 5.31. The molecule has 21 heavy (non-hydrogen) atoms. The van der Waals surface area contributed by atoms with E-state index in [1.807, 2.05) is 7.05 Å². The molecule has 0 radical (unpaired) electrons. The van der Waals surface area contributed by atoms with Gasteiger partial charge >= 0.3 is 0 Å². The number of carbonyl (C=O) groups is 1. The number of rotatable bonds is 5. The fourth-order valence-electron chi connectivity index (χ4n) is 2.06. The standard InChI is InChI=1S/C16H16ClFN2O/c1-20(10-12-5-7-14(18)8-6-12)11-16(21)19-15-4-2-3-13(17)9-15/h2-9H,10-11H2,1H3,(H,19,21)/p+1. The lowest BCUT2D eigenvalue weighted by Gasteiger charge is -2.14. The fourth-order valence-corrected chi connectivity index (χ4v) is 2.25. The maximum absolute atomic E-state index is 12.8. The van der Waals surface area contributed by atoms with E-state index in [2.05, 4.69) is 5.32 Å². The zero-order valence-electron chi connectivity index (χ0n) is 11.7. The van der Waals surface area contributed by atoms with Crippen LogP contribution in [0.25, 0.3) is 0 Å². The van der Waals surface area contributed by atoms with Gasteiger partial charge in [-0.15, -0.1) is 0 Å². The van der Waals surface area contributed by atoms with Gasteiger partial charge in [-0.25, -0.2) is 4.39 Å². The van der Waals surface area contributed by atoms with Gasteiger partial charge in [-0.1, -0.05) is 29.8 Å². The Morgan fingerprint density at radius 2 is 1.95 bits per heavy atom. The van der Waals surface area contributed by atoms with Crippen molar-refractivity contribution in [1.82, 2.24) is 0 Å². The zero-order chi connectivity index (χ0) is 15.2. The number of anilines is 1. The first-order valence-corrected chi connectivity index (χ1v) is 7.02. The van der Waals surface area contributed by atoms with Gasteiger partial charge in [-0.05, 0) is 30.3 Å². The predicted molar refractivity (Wildman–Crippen MR) is 81.9 cm³/mol. The molecule has 110 valence electrons. The van der Waals surface area contributed by atoms with E-state index in [0.717, 1.165) is 10.5 Å². The number of amides is 1. The molecule has 0 aromatic heterocycles. The highest BCUT2D eigenvalue weighted by Crippen LogP contribution is 2.14. The Labute approximate surface area is 128 Å². The molecule has 0 heterocycles. The van der Waals surface area contributed by atoms with Gasteiger partial charge in [0.2, 0.25) is 0 Å². The second-order valence-corrected chi connectivity index (χ2v) is 5.43. The minimum Gasteiger partial charge on any atom is -0.326 e. The Morgan fingerprint density at radius 3 is 2.62 bits per heavy atom. The molecule has 0 saturated heterocycles. The van der Waals surface area contributed by atoms with Crippen molar-refractivity contribution in [2.45, 2.75) is 6.54 Å². The van der Waals surface area contributed by atoms with Gasteiger partial charge in [-0.2, -0.15) is 0 Å². The summed E-state index contributed by atoms with van der Waals surface area (Å²) >= 11 is 5.87. The Hall–Kier alpha value is -1.91. The average molecular weight is 308 g/mol. The van der Waals surface area contributed by atoms with Crippen LogP contribution in [-0.2, 0) is 11.3 Å². The molecule has 2 rings (SSSR count). The van der Waals surface area contributed by atoms with E-state index in [9.17, 15) is 9.18 Å². The van der Waals surface area contributed by atoms with Crippen molar-refractivity contribution in [2.75, 3.05) is 18.9 Å². The molecule has 0 aliphatic rings. The number of hydrogen-bond donors (Lipinski definition) is 2. The van der Waals surface area contributed by atoms with Crippen LogP contribution >= 0.6 is 11.6 Å². The highest BCUT2D eigenvalue weighted by atomic mass is 35.5. The molecule has 0 aliphatic carbocycles. The van der Waals surface area contributed by atoms with Crippen molar-refractivity contribution in [3.05, 3.63) is 64.9 Å². The summed E-state index contributed by atoms with van der Waals surface area (Å²) in [5.74, 6) is -0.341. The van der Waals surface area contributed by atoms with Crippen molar-refractivity contribution < 1.29 is 14.1 Å². The molecule has 2 N–H and O–H groups in total. The molecule has 2 aromatic rings. The topological polar surface area (TPSA) is 33.5 Å². The van der Waals surface area contributed by atoms with E-state index in [0.29, 0.717) is 23.8 Å². The average Bonchev–Trinajstić information content (AvgIpc) is 2.41. The first-order chi connectivity index (χ1) is 10.0. The van der Waals surface area contributed by atoms with E-state index >= 15 is 0 Å². The van der Waals surface area contributed by atoms with Crippen molar-refractivity contribution in [3.8, 4) is 0 Å². The Bertz CT molecular complexity index is 616. The summed E-state index contributed by atoms with van der Waals surface area (Å²) in [7, 11) is 1.92. The quantitative estimate of drug-likeness (QED) is 0.872. The van der Waals surface area contributed by atoms with Gasteiger partial charge < -0.3 is 10.2 Å². The number of quaternary nitrogens is 1. The number of nitrogens with one attached hydrogen (secondary N) is 2. The summed E-state index contributed by atoms with van der Waals surface area (Å²) in [4.78, 5) is 13.0. The molecule has 0 spiro atoms. The third-order valence-electron chi connectivity index (χ3n) is 2.99. The van der Waals surface area contributed by atoms with E-state index in [-0.39, 0.29) is 11.7 Å². The molecule has 0 fully saturated rings. The fraction of sp³-hybridized carbons (Fsp3) is 0.188. The van der Waals surface area contributed by atoms with Crippen LogP contribution in [0.1, 0.15) is 5.56 Å². The minimum atomic E-state index is -0.255. The predicted octanol–water partition coefficient (Wildman–Crippen LogP) is 2.13. The normalized spacial score (nSPS) is 12.0. The van der Waals surface area contributed by atoms with Crippen LogP contribution in [0.15, 0.2) is 48.5 Å². The summed E-state index contributed by atoms with van der Waals surface area (Å²) in [6.45, 7) is 0.979. The largest absolute Gasteiger partial charge is 0.326 e. The summed E-state index contributed by atoms with van der Waals surface area (Å²) in [5.41, 5.74) is 1.67. The lowest BCUT2D eigenvalue weighted by atomic mass is 10.2. The molecular formula is C16H17ClFN2O+. The number of likely N-dealkylation sites (N-methyl/N-ethyl adjacent to an activating group) is 1. The maximum Gasteiger partial charge on any atom is 0.279 e. The summed E-state index contributed by atoms with van der Waals surface area (Å²) in [6, 6.07) is 13.3. The van der Waals surface area contributed by atoms with E-state index in [1.54, 1.807) is 36.4 Å². The van der Waals surface area contributed by atoms with Gasteiger partial charge in [0.1, 0.15) is 12.4 Å². The Morgan fingerprint density at radius 1 is 1.24 bits per heavy atom. The number of benzene rings is 2. The van der Waals surface area contributed by atoms with Gasteiger partial charge in [0.25, 0.3) is 5.91 Å². The van der Waals surface area contributed by atoms with Crippen molar-refractivity contribution in [1.29, 1.82) is 0 Å². The zero-order valence-corrected chi connectivity index (χ0v) is 12.5. The first-order valence-electron chi connectivity index (χ1n) is 6.64. The number of carbonyl (C=O) groups excluding carboxylic acids is 1. The van der Waals surface area contributed by atoms with Crippen LogP contribution in [0.2, 0.25) is 5.02 Å². The summed E-state index contributed by atoms with van der Waals surface area (Å²) in [5, 5.41) is 3.39. The lowest BCUT2D eigenvalue weighted by Crippen LogP contribution is -3.08. The molecule has 1 amide bonds. The van der Waals surface area contributed by atoms with Gasteiger partial charge in [0, 0.05) is 16.3 Å². The number of halogens is 2. The van der Waals surface area contributed by atoms with Gasteiger partial charge in [0.15, 0.2) is 6.54 Å². The second-order valence-electron chi connectivity index (χ2n) is 5.00. The first kappa shape index (κ1) is 15.5. The lowest BCUT2D eigenvalue weighted by molar-refractivity contribution is -0.885. The summed E-state index contributed by atoms with van der Waals surface area (Å²) < 4.78 is 12.8. The minimum absolute atomic E-state index is 0.0862. The van der Waals surface area contributed by atoms with E-state index < -0.39 is 0 Å². The molecule has 0 bridgehead atoms. The van der Waals surface area contributed by atoms with Gasteiger partial charge in [0.05, 0.1) is 7.05 Å². The van der Waals surface area contributed by atoms with Crippen molar-refractivity contribution in [3.63, 3.8) is 0 Å². The molecule has 2 aromatic carbocycles. The highest BCUT2D eigenvalue weighted by Gasteiger charge is 2.11. The Balaban J connectivity index is 1.86.